The minimum Gasteiger partial charge on any atom is -0.478 e. The van der Waals surface area contributed by atoms with Crippen molar-refractivity contribution in [2.75, 3.05) is 29.6 Å². The van der Waals surface area contributed by atoms with Crippen LogP contribution in [0.3, 0.4) is 0 Å². The Kier molecular flexibility index (Phi) is 3.95. The number of aromatic carboxylic acids is 1. The quantitative estimate of drug-likeness (QED) is 0.660. The number of rotatable bonds is 5. The van der Waals surface area contributed by atoms with Crippen molar-refractivity contribution in [3.8, 4) is 0 Å². The Balaban J connectivity index is 2.79. The third kappa shape index (κ3) is 3.95. The van der Waals surface area contributed by atoms with Gasteiger partial charge in [-0.1, -0.05) is 6.07 Å². The van der Waals surface area contributed by atoms with E-state index in [-0.39, 0.29) is 23.5 Å². The van der Waals surface area contributed by atoms with E-state index in [0.717, 1.165) is 6.26 Å². The lowest BCUT2D eigenvalue weighted by Crippen LogP contribution is -2.15. The van der Waals surface area contributed by atoms with Crippen LogP contribution in [0.15, 0.2) is 18.2 Å². The van der Waals surface area contributed by atoms with Crippen molar-refractivity contribution in [2.24, 2.45) is 0 Å². The van der Waals surface area contributed by atoms with Gasteiger partial charge < -0.3 is 16.2 Å². The monoisotopic (exact) mass is 258 g/mol. The van der Waals surface area contributed by atoms with Crippen molar-refractivity contribution in [3.05, 3.63) is 23.8 Å². The van der Waals surface area contributed by atoms with Crippen LogP contribution in [0.4, 0.5) is 11.4 Å². The predicted octanol–water partition coefficient (Wildman–Crippen LogP) is 0.423. The largest absolute Gasteiger partial charge is 0.478 e. The highest BCUT2D eigenvalue weighted by Crippen LogP contribution is 2.22. The SMILES string of the molecule is CS(=O)(=O)CCNc1cccc(C(=O)O)c1N. The Morgan fingerprint density at radius 2 is 2.12 bits per heavy atom. The molecular formula is C10H14N2O4S. The van der Waals surface area contributed by atoms with Crippen LogP contribution in [0.2, 0.25) is 0 Å². The Morgan fingerprint density at radius 3 is 2.65 bits per heavy atom. The normalized spacial score (nSPS) is 11.1. The lowest BCUT2D eigenvalue weighted by molar-refractivity contribution is 0.0698. The average Bonchev–Trinajstić information content (AvgIpc) is 2.18. The molecular weight excluding hydrogens is 244 g/mol. The number of nitrogens with two attached hydrogens (primary N) is 1. The molecule has 7 heteroatoms. The molecule has 0 spiro atoms. The van der Waals surface area contributed by atoms with E-state index < -0.39 is 15.8 Å². The number of nitrogen functional groups attached to an aromatic ring is 1. The molecule has 0 radical (unpaired) electrons. The average molecular weight is 258 g/mol. The summed E-state index contributed by atoms with van der Waals surface area (Å²) in [6.07, 6.45) is 1.13. The Labute approximate surface area is 99.4 Å². The zero-order chi connectivity index (χ0) is 13.1. The van der Waals surface area contributed by atoms with Gasteiger partial charge in [-0.05, 0) is 12.1 Å². The molecule has 0 amide bonds. The fourth-order valence-corrected chi connectivity index (χ4v) is 1.75. The van der Waals surface area contributed by atoms with E-state index in [0.29, 0.717) is 5.69 Å². The summed E-state index contributed by atoms with van der Waals surface area (Å²) in [7, 11) is -3.05. The van der Waals surface area contributed by atoms with Crippen molar-refractivity contribution in [1.82, 2.24) is 0 Å². The second-order valence-corrected chi connectivity index (χ2v) is 5.89. The molecule has 0 atom stereocenters. The summed E-state index contributed by atoms with van der Waals surface area (Å²) in [5.41, 5.74) is 6.17. The molecule has 4 N–H and O–H groups in total. The molecule has 0 aliphatic rings. The van der Waals surface area contributed by atoms with Gasteiger partial charge in [0.15, 0.2) is 0 Å². The molecule has 17 heavy (non-hydrogen) atoms. The van der Waals surface area contributed by atoms with Gasteiger partial charge in [0.1, 0.15) is 9.84 Å². The van der Waals surface area contributed by atoms with E-state index in [1.54, 1.807) is 12.1 Å². The molecule has 0 bridgehead atoms. The van der Waals surface area contributed by atoms with Crippen molar-refractivity contribution in [1.29, 1.82) is 0 Å². The van der Waals surface area contributed by atoms with Crippen molar-refractivity contribution < 1.29 is 18.3 Å². The van der Waals surface area contributed by atoms with Crippen LogP contribution in [0.1, 0.15) is 10.4 Å². The van der Waals surface area contributed by atoms with Gasteiger partial charge in [0.25, 0.3) is 0 Å². The maximum absolute atomic E-state index is 10.9. The van der Waals surface area contributed by atoms with Gasteiger partial charge in [-0.3, -0.25) is 0 Å². The maximum Gasteiger partial charge on any atom is 0.337 e. The minimum absolute atomic E-state index is 0.00523. The molecule has 6 nitrogen and oxygen atoms in total. The molecule has 1 rings (SSSR count). The lowest BCUT2D eigenvalue weighted by atomic mass is 10.1. The van der Waals surface area contributed by atoms with Gasteiger partial charge in [0, 0.05) is 12.8 Å². The highest BCUT2D eigenvalue weighted by Gasteiger charge is 2.11. The van der Waals surface area contributed by atoms with Gasteiger partial charge in [-0.2, -0.15) is 0 Å². The first-order valence-corrected chi connectivity index (χ1v) is 6.90. The van der Waals surface area contributed by atoms with E-state index in [2.05, 4.69) is 5.32 Å². The summed E-state index contributed by atoms with van der Waals surface area (Å²) < 4.78 is 21.8. The summed E-state index contributed by atoms with van der Waals surface area (Å²) in [5.74, 6) is -1.15. The third-order valence-electron chi connectivity index (χ3n) is 2.12. The molecule has 0 unspecified atom stereocenters. The number of benzene rings is 1. The van der Waals surface area contributed by atoms with E-state index in [4.69, 9.17) is 10.8 Å². The van der Waals surface area contributed by atoms with Crippen molar-refractivity contribution >= 4 is 27.2 Å². The fourth-order valence-electron chi connectivity index (χ4n) is 1.28. The first-order valence-electron chi connectivity index (χ1n) is 4.84. The second kappa shape index (κ2) is 5.05. The molecule has 0 aliphatic carbocycles. The van der Waals surface area contributed by atoms with Crippen LogP contribution in [-0.2, 0) is 9.84 Å². The number of carboxylic acid groups (broad SMARTS) is 1. The van der Waals surface area contributed by atoms with Gasteiger partial charge in [0.05, 0.1) is 22.7 Å². The van der Waals surface area contributed by atoms with Crippen molar-refractivity contribution in [2.45, 2.75) is 0 Å². The van der Waals surface area contributed by atoms with E-state index in [9.17, 15) is 13.2 Å². The fraction of sp³-hybridized carbons (Fsp3) is 0.300. The highest BCUT2D eigenvalue weighted by molar-refractivity contribution is 7.90. The lowest BCUT2D eigenvalue weighted by Gasteiger charge is -2.10. The number of carbonyl (C=O) groups is 1. The molecule has 1 aromatic carbocycles. The summed E-state index contributed by atoms with van der Waals surface area (Å²) in [5, 5.41) is 11.6. The van der Waals surface area contributed by atoms with Crippen LogP contribution in [0.5, 0.6) is 0 Å². The maximum atomic E-state index is 10.9. The van der Waals surface area contributed by atoms with E-state index >= 15 is 0 Å². The van der Waals surface area contributed by atoms with Crippen LogP contribution >= 0.6 is 0 Å². The number of hydrogen-bond donors (Lipinski definition) is 3. The molecule has 94 valence electrons. The predicted molar refractivity (Wildman–Crippen MR) is 66.0 cm³/mol. The molecule has 0 saturated heterocycles. The second-order valence-electron chi connectivity index (χ2n) is 3.63. The number of para-hydroxylation sites is 1. The number of carboxylic acids is 1. The zero-order valence-electron chi connectivity index (χ0n) is 9.30. The molecule has 1 aromatic rings. The van der Waals surface area contributed by atoms with Crippen LogP contribution in [-0.4, -0.2) is 38.0 Å². The number of anilines is 2. The topological polar surface area (TPSA) is 109 Å². The highest BCUT2D eigenvalue weighted by atomic mass is 32.2. The first kappa shape index (κ1) is 13.3. The van der Waals surface area contributed by atoms with Gasteiger partial charge in [-0.25, -0.2) is 13.2 Å². The van der Waals surface area contributed by atoms with Gasteiger partial charge >= 0.3 is 5.97 Å². The Bertz CT molecular complexity index is 525. The molecule has 0 aromatic heterocycles. The molecule has 0 saturated carbocycles. The summed E-state index contributed by atoms with van der Waals surface area (Å²) in [6.45, 7) is 0.187. The number of nitrogens with one attached hydrogen (secondary N) is 1. The van der Waals surface area contributed by atoms with Crippen LogP contribution in [0.25, 0.3) is 0 Å². The van der Waals surface area contributed by atoms with Crippen LogP contribution in [0, 0.1) is 0 Å². The summed E-state index contributed by atoms with van der Waals surface area (Å²) in [4.78, 5) is 10.8. The molecule has 0 aliphatic heterocycles. The summed E-state index contributed by atoms with van der Waals surface area (Å²) >= 11 is 0. The van der Waals surface area contributed by atoms with E-state index in [1.165, 1.54) is 6.07 Å². The smallest absolute Gasteiger partial charge is 0.337 e. The molecule has 0 fully saturated rings. The first-order chi connectivity index (χ1) is 7.81. The number of sulfone groups is 1. The minimum atomic E-state index is -3.05. The van der Waals surface area contributed by atoms with Crippen LogP contribution < -0.4 is 11.1 Å². The standard InChI is InChI=1S/C10H14N2O4S/c1-17(15,16)6-5-12-8-4-2-3-7(9(8)11)10(13)14/h2-4,12H,5-6,11H2,1H3,(H,13,14). The molecule has 0 heterocycles. The van der Waals surface area contributed by atoms with E-state index in [1.807, 2.05) is 0 Å². The third-order valence-corrected chi connectivity index (χ3v) is 3.07. The van der Waals surface area contributed by atoms with Gasteiger partial charge in [0.2, 0.25) is 0 Å². The Morgan fingerprint density at radius 1 is 1.47 bits per heavy atom. The number of hydrogen-bond acceptors (Lipinski definition) is 5. The van der Waals surface area contributed by atoms with Gasteiger partial charge in [-0.15, -0.1) is 0 Å². The zero-order valence-corrected chi connectivity index (χ0v) is 10.1. The van der Waals surface area contributed by atoms with Crippen molar-refractivity contribution in [3.63, 3.8) is 0 Å². The summed E-state index contributed by atoms with van der Waals surface area (Å²) in [6, 6.07) is 4.53. The Hall–Kier alpha value is -1.76.